The van der Waals surface area contributed by atoms with E-state index in [1.165, 1.54) is 29.5 Å². The van der Waals surface area contributed by atoms with E-state index >= 15 is 0 Å². The van der Waals surface area contributed by atoms with E-state index in [9.17, 15) is 14.0 Å². The fourth-order valence-electron chi connectivity index (χ4n) is 2.79. The van der Waals surface area contributed by atoms with Gasteiger partial charge in [0.05, 0.1) is 5.39 Å². The van der Waals surface area contributed by atoms with Crippen LogP contribution in [-0.2, 0) is 6.42 Å². The van der Waals surface area contributed by atoms with Crippen molar-refractivity contribution in [3.05, 3.63) is 92.5 Å². The Labute approximate surface area is 163 Å². The zero-order valence-corrected chi connectivity index (χ0v) is 15.7. The highest BCUT2D eigenvalue weighted by Gasteiger charge is 2.14. The summed E-state index contributed by atoms with van der Waals surface area (Å²) >= 11 is 1.31. The molecule has 2 aromatic carbocycles. The third-order valence-corrected chi connectivity index (χ3v) is 5.08. The monoisotopic (exact) mass is 394 g/mol. The van der Waals surface area contributed by atoms with Crippen LogP contribution >= 0.6 is 11.3 Å². The number of nitrogens with zero attached hydrogens (tertiary/aromatic N) is 1. The van der Waals surface area contributed by atoms with Crippen LogP contribution in [0.4, 0.5) is 9.52 Å². The Morgan fingerprint density at radius 3 is 2.75 bits per heavy atom. The first-order valence-corrected chi connectivity index (χ1v) is 9.34. The molecule has 4 aromatic rings. The summed E-state index contributed by atoms with van der Waals surface area (Å²) in [4.78, 5) is 29.8. The Bertz CT molecular complexity index is 1230. The molecule has 4 rings (SSSR count). The molecule has 2 heterocycles. The fourth-order valence-corrected chi connectivity index (χ4v) is 3.63. The lowest BCUT2D eigenvalue weighted by Gasteiger charge is -2.03. The molecule has 2 aromatic heterocycles. The third-order valence-electron chi connectivity index (χ3n) is 4.17. The predicted octanol–water partition coefficient (Wildman–Crippen LogP) is 4.54. The van der Waals surface area contributed by atoms with Crippen molar-refractivity contribution in [2.24, 2.45) is 0 Å². The van der Waals surface area contributed by atoms with Gasteiger partial charge in [-0.25, -0.2) is 9.37 Å². The average molecular weight is 394 g/mol. The maximum Gasteiger partial charge on any atom is 0.293 e. The van der Waals surface area contributed by atoms with Crippen molar-refractivity contribution in [3.63, 3.8) is 0 Å². The van der Waals surface area contributed by atoms with Crippen molar-refractivity contribution < 1.29 is 13.6 Å². The van der Waals surface area contributed by atoms with Gasteiger partial charge >= 0.3 is 0 Å². The number of carbonyl (C=O) groups is 1. The standard InChI is InChI=1S/C21H15FN2O3S/c1-12-2-7-18-16(8-12)17(25)10-19(27-18)20(26)24-21-23-11-15(28-21)9-13-3-5-14(22)6-4-13/h2-8,10-11H,9H2,1H3,(H,23,24,26). The first-order valence-electron chi connectivity index (χ1n) is 8.53. The second kappa shape index (κ2) is 7.36. The summed E-state index contributed by atoms with van der Waals surface area (Å²) in [6, 6.07) is 12.6. The molecule has 0 aliphatic heterocycles. The first kappa shape index (κ1) is 18.1. The molecular formula is C21H15FN2O3S. The number of amides is 1. The van der Waals surface area contributed by atoms with Crippen LogP contribution in [0.15, 0.2) is 63.9 Å². The number of hydrogen-bond donors (Lipinski definition) is 1. The molecule has 140 valence electrons. The van der Waals surface area contributed by atoms with E-state index < -0.39 is 5.91 Å². The highest BCUT2D eigenvalue weighted by Crippen LogP contribution is 2.22. The lowest BCUT2D eigenvalue weighted by molar-refractivity contribution is 0.0997. The van der Waals surface area contributed by atoms with Gasteiger partial charge in [0.15, 0.2) is 16.3 Å². The molecule has 0 spiro atoms. The van der Waals surface area contributed by atoms with Gasteiger partial charge in [0.1, 0.15) is 11.4 Å². The van der Waals surface area contributed by atoms with Gasteiger partial charge < -0.3 is 4.42 Å². The molecule has 0 unspecified atom stereocenters. The Kier molecular flexibility index (Phi) is 4.75. The molecule has 0 aliphatic carbocycles. The zero-order valence-electron chi connectivity index (χ0n) is 14.9. The Morgan fingerprint density at radius 2 is 1.96 bits per heavy atom. The number of fused-ring (bicyclic) bond motifs is 1. The lowest BCUT2D eigenvalue weighted by Crippen LogP contribution is -2.14. The molecule has 0 aliphatic rings. The van der Waals surface area contributed by atoms with Crippen LogP contribution < -0.4 is 10.7 Å². The van der Waals surface area contributed by atoms with E-state index in [0.29, 0.717) is 22.5 Å². The van der Waals surface area contributed by atoms with Gasteiger partial charge in [0.25, 0.3) is 5.91 Å². The van der Waals surface area contributed by atoms with Crippen LogP contribution in [0.25, 0.3) is 11.0 Å². The molecule has 1 N–H and O–H groups in total. The summed E-state index contributed by atoms with van der Waals surface area (Å²) in [5.74, 6) is -0.896. The number of thiazole rings is 1. The van der Waals surface area contributed by atoms with Gasteiger partial charge in [0, 0.05) is 23.6 Å². The van der Waals surface area contributed by atoms with Crippen LogP contribution in [0.3, 0.4) is 0 Å². The van der Waals surface area contributed by atoms with E-state index in [1.54, 1.807) is 30.5 Å². The van der Waals surface area contributed by atoms with E-state index in [2.05, 4.69) is 10.3 Å². The molecular weight excluding hydrogens is 379 g/mol. The summed E-state index contributed by atoms with van der Waals surface area (Å²) in [6.45, 7) is 1.88. The number of nitrogens with one attached hydrogen (secondary N) is 1. The minimum absolute atomic E-state index is 0.0726. The van der Waals surface area contributed by atoms with Gasteiger partial charge in [-0.05, 0) is 36.8 Å². The van der Waals surface area contributed by atoms with Gasteiger partial charge in [0.2, 0.25) is 0 Å². The Hall–Kier alpha value is -3.32. The molecule has 0 saturated carbocycles. The summed E-state index contributed by atoms with van der Waals surface area (Å²) in [5, 5.41) is 3.49. The topological polar surface area (TPSA) is 72.2 Å². The normalized spacial score (nSPS) is 10.9. The van der Waals surface area contributed by atoms with Crippen molar-refractivity contribution in [1.29, 1.82) is 0 Å². The quantitative estimate of drug-likeness (QED) is 0.552. The number of anilines is 1. The van der Waals surface area contributed by atoms with E-state index in [4.69, 9.17) is 4.42 Å². The molecule has 7 heteroatoms. The Balaban J connectivity index is 1.52. The van der Waals surface area contributed by atoms with E-state index in [-0.39, 0.29) is 17.0 Å². The predicted molar refractivity (Wildman–Crippen MR) is 106 cm³/mol. The van der Waals surface area contributed by atoms with Crippen LogP contribution in [0.2, 0.25) is 0 Å². The number of rotatable bonds is 4. The number of benzene rings is 2. The molecule has 28 heavy (non-hydrogen) atoms. The molecule has 0 radical (unpaired) electrons. The summed E-state index contributed by atoms with van der Waals surface area (Å²) in [5.41, 5.74) is 1.97. The zero-order chi connectivity index (χ0) is 19.7. The van der Waals surface area contributed by atoms with Crippen molar-refractivity contribution >= 4 is 33.3 Å². The summed E-state index contributed by atoms with van der Waals surface area (Å²) < 4.78 is 18.6. The maximum absolute atomic E-state index is 13.0. The maximum atomic E-state index is 13.0. The number of carbonyl (C=O) groups excluding carboxylic acids is 1. The number of aromatic nitrogens is 1. The second-order valence-corrected chi connectivity index (χ2v) is 7.48. The van der Waals surface area contributed by atoms with E-state index in [1.807, 2.05) is 13.0 Å². The highest BCUT2D eigenvalue weighted by atomic mass is 32.1. The molecule has 0 saturated heterocycles. The van der Waals surface area contributed by atoms with Crippen molar-refractivity contribution in [2.45, 2.75) is 13.3 Å². The van der Waals surface area contributed by atoms with Crippen LogP contribution in [-0.4, -0.2) is 10.9 Å². The van der Waals surface area contributed by atoms with Crippen LogP contribution in [0, 0.1) is 12.7 Å². The summed E-state index contributed by atoms with van der Waals surface area (Å²) in [6.07, 6.45) is 2.24. The van der Waals surface area contributed by atoms with Crippen molar-refractivity contribution in [1.82, 2.24) is 4.98 Å². The van der Waals surface area contributed by atoms with Crippen LogP contribution in [0.1, 0.15) is 26.6 Å². The molecule has 0 atom stereocenters. The van der Waals surface area contributed by atoms with Gasteiger partial charge in [-0.3, -0.25) is 14.9 Å². The largest absolute Gasteiger partial charge is 0.451 e. The minimum Gasteiger partial charge on any atom is -0.451 e. The Morgan fingerprint density at radius 1 is 1.18 bits per heavy atom. The van der Waals surface area contributed by atoms with E-state index in [0.717, 1.165) is 16.0 Å². The first-order chi connectivity index (χ1) is 13.5. The van der Waals surface area contributed by atoms with Gasteiger partial charge in [-0.2, -0.15) is 0 Å². The van der Waals surface area contributed by atoms with Crippen molar-refractivity contribution in [3.8, 4) is 0 Å². The second-order valence-electron chi connectivity index (χ2n) is 6.36. The van der Waals surface area contributed by atoms with Gasteiger partial charge in [-0.15, -0.1) is 11.3 Å². The van der Waals surface area contributed by atoms with Crippen molar-refractivity contribution in [2.75, 3.05) is 5.32 Å². The van der Waals surface area contributed by atoms with Gasteiger partial charge in [-0.1, -0.05) is 23.8 Å². The minimum atomic E-state index is -0.540. The fraction of sp³-hybridized carbons (Fsp3) is 0.0952. The average Bonchev–Trinajstić information content (AvgIpc) is 3.11. The summed E-state index contributed by atoms with van der Waals surface area (Å²) in [7, 11) is 0. The molecule has 5 nitrogen and oxygen atoms in total. The number of aryl methyl sites for hydroxylation is 1. The molecule has 1 amide bonds. The SMILES string of the molecule is Cc1ccc2oc(C(=O)Nc3ncc(Cc4ccc(F)cc4)s3)cc(=O)c2c1. The number of halogens is 1. The van der Waals surface area contributed by atoms with Crippen LogP contribution in [0.5, 0.6) is 0 Å². The third kappa shape index (κ3) is 3.84. The highest BCUT2D eigenvalue weighted by molar-refractivity contribution is 7.15. The molecule has 0 fully saturated rings. The molecule has 0 bridgehead atoms. The smallest absolute Gasteiger partial charge is 0.293 e. The lowest BCUT2D eigenvalue weighted by atomic mass is 10.1. The number of hydrogen-bond acceptors (Lipinski definition) is 5.